The van der Waals surface area contributed by atoms with Crippen molar-refractivity contribution in [2.45, 2.75) is 183 Å². The molecule has 0 spiro atoms. The highest BCUT2D eigenvalue weighted by molar-refractivity contribution is 5.97. The lowest BCUT2D eigenvalue weighted by Gasteiger charge is -2.42. The molecule has 0 aliphatic carbocycles. The summed E-state index contributed by atoms with van der Waals surface area (Å²) in [5, 5.41) is 21.0. The Hall–Kier alpha value is -6.21. The van der Waals surface area contributed by atoms with Crippen LogP contribution in [-0.2, 0) is 55.4 Å². The first kappa shape index (κ1) is 62.9. The van der Waals surface area contributed by atoms with E-state index in [1.54, 1.807) is 116 Å². The highest BCUT2D eigenvalue weighted by Crippen LogP contribution is 2.38. The van der Waals surface area contributed by atoms with Gasteiger partial charge < -0.3 is 50.1 Å². The van der Waals surface area contributed by atoms with E-state index in [1.807, 2.05) is 18.4 Å². The number of carbonyl (C=O) groups is 8. The van der Waals surface area contributed by atoms with Crippen LogP contribution in [-0.4, -0.2) is 136 Å². The van der Waals surface area contributed by atoms with Gasteiger partial charge in [0, 0.05) is 62.2 Å². The van der Waals surface area contributed by atoms with Crippen LogP contribution in [0.4, 0.5) is 14.0 Å². The number of aryl methyl sites for hydroxylation is 1. The van der Waals surface area contributed by atoms with Gasteiger partial charge in [-0.1, -0.05) is 54.5 Å². The molecule has 1 heterocycles. The fraction of sp³-hybridized carbons (Fsp3) is 0.660. The summed E-state index contributed by atoms with van der Waals surface area (Å²) < 4.78 is 32.7. The third-order valence-corrected chi connectivity index (χ3v) is 12.1. The van der Waals surface area contributed by atoms with Crippen LogP contribution in [0.2, 0.25) is 0 Å². The number of unbranched alkanes of at least 4 members (excludes halogenated alkanes) is 1. The zero-order valence-electron chi connectivity index (χ0n) is 46.5. The number of fused-ring (bicyclic) bond motifs is 1. The minimum absolute atomic E-state index is 0.0252. The number of carboxylic acids is 1. The topological polar surface area (TPSA) is 244 Å². The van der Waals surface area contributed by atoms with Crippen LogP contribution >= 0.6 is 0 Å². The molecule has 0 bridgehead atoms. The summed E-state index contributed by atoms with van der Waals surface area (Å²) in [5.74, 6) is -5.42. The van der Waals surface area contributed by atoms with Gasteiger partial charge in [0.2, 0.25) is 23.6 Å². The number of carbonyl (C=O) groups excluding carboxylic acids is 7. The van der Waals surface area contributed by atoms with Crippen LogP contribution in [0.1, 0.15) is 142 Å². The standard InChI is InChI=1S/C53H84FN7O12/c1-19-71-47(68)37(24-26-40(62)56-36(46(66)67)22-20-21-27-55-48(69)72-51(8,9)10)57-43(63)32(4)28-39(31(2)3)60(17)45(65)41(50(5,6)7)58-44(64)42(61(18)49(70)73-52(11,12)13)53(14,15)35-30-59(16)38-25-23-33(54)29-34(35)38/h23,25,28-31,36-37,39,41-42H,19-22,24,26-27H2,1-18H3,(H,55,69)(H,56,62)(H,57,63)(H,58,64)(H,66,67)/b32-28+. The van der Waals surface area contributed by atoms with Gasteiger partial charge in [0.05, 0.1) is 12.6 Å². The normalized spacial score (nSPS) is 14.5. The number of hydrogen-bond acceptors (Lipinski definition) is 11. The van der Waals surface area contributed by atoms with Crippen LogP contribution in [0.5, 0.6) is 0 Å². The Kier molecular flexibility index (Phi) is 22.5. The summed E-state index contributed by atoms with van der Waals surface area (Å²) in [6.45, 7) is 26.1. The van der Waals surface area contributed by atoms with Crippen molar-refractivity contribution in [1.82, 2.24) is 35.6 Å². The summed E-state index contributed by atoms with van der Waals surface area (Å²) in [6, 6.07) is -1.42. The van der Waals surface area contributed by atoms with E-state index < -0.39 is 106 Å². The number of halogens is 1. The van der Waals surface area contributed by atoms with Crippen molar-refractivity contribution in [3.8, 4) is 0 Å². The molecule has 19 nitrogen and oxygen atoms in total. The Labute approximate surface area is 431 Å². The Morgan fingerprint density at radius 3 is 1.96 bits per heavy atom. The van der Waals surface area contributed by atoms with Crippen molar-refractivity contribution in [3.63, 3.8) is 0 Å². The number of aliphatic carboxylic acids is 1. The maximum Gasteiger partial charge on any atom is 0.410 e. The van der Waals surface area contributed by atoms with E-state index in [4.69, 9.17) is 14.2 Å². The van der Waals surface area contributed by atoms with Crippen LogP contribution in [0.25, 0.3) is 10.9 Å². The van der Waals surface area contributed by atoms with Crippen molar-refractivity contribution >= 4 is 58.7 Å². The summed E-state index contributed by atoms with van der Waals surface area (Å²) in [4.78, 5) is 110. The van der Waals surface area contributed by atoms with Gasteiger partial charge in [-0.25, -0.2) is 23.6 Å². The number of aromatic nitrogens is 1. The molecule has 410 valence electrons. The summed E-state index contributed by atoms with van der Waals surface area (Å²) in [5.41, 5.74) is -2.32. The fourth-order valence-electron chi connectivity index (χ4n) is 8.30. The first-order valence-electron chi connectivity index (χ1n) is 24.9. The number of alkyl carbamates (subject to hydrolysis) is 1. The number of ether oxygens (including phenoxy) is 3. The fourth-order valence-corrected chi connectivity index (χ4v) is 8.30. The second-order valence-electron chi connectivity index (χ2n) is 22.6. The quantitative estimate of drug-likeness (QED) is 0.0331. The molecule has 5 atom stereocenters. The van der Waals surface area contributed by atoms with Crippen LogP contribution in [0, 0.1) is 17.2 Å². The molecule has 0 aliphatic rings. The summed E-state index contributed by atoms with van der Waals surface area (Å²) in [7, 11) is 4.78. The number of rotatable bonds is 23. The molecule has 1 aromatic carbocycles. The molecular formula is C53H84FN7O12. The molecule has 6 amide bonds. The van der Waals surface area contributed by atoms with Crippen LogP contribution in [0.15, 0.2) is 36.0 Å². The molecule has 20 heteroatoms. The highest BCUT2D eigenvalue weighted by Gasteiger charge is 2.47. The minimum Gasteiger partial charge on any atom is -0.480 e. The van der Waals surface area contributed by atoms with E-state index in [0.717, 1.165) is 0 Å². The average molecular weight is 1030 g/mol. The number of hydrogen-bond donors (Lipinski definition) is 5. The zero-order chi connectivity index (χ0) is 56.1. The lowest BCUT2D eigenvalue weighted by molar-refractivity contribution is -0.147. The second-order valence-corrected chi connectivity index (χ2v) is 22.6. The number of nitrogens with zero attached hydrogens (tertiary/aromatic N) is 3. The predicted octanol–water partition coefficient (Wildman–Crippen LogP) is 6.88. The van der Waals surface area contributed by atoms with Crippen LogP contribution in [0.3, 0.4) is 0 Å². The van der Waals surface area contributed by atoms with Crippen molar-refractivity contribution in [2.24, 2.45) is 18.4 Å². The highest BCUT2D eigenvalue weighted by atomic mass is 19.1. The third kappa shape index (κ3) is 19.0. The van der Waals surface area contributed by atoms with E-state index in [1.165, 1.54) is 35.9 Å². The molecule has 5 unspecified atom stereocenters. The van der Waals surface area contributed by atoms with Crippen molar-refractivity contribution < 1.29 is 62.1 Å². The van der Waals surface area contributed by atoms with Gasteiger partial charge in [0.25, 0.3) is 0 Å². The first-order valence-corrected chi connectivity index (χ1v) is 24.9. The van der Waals surface area contributed by atoms with Gasteiger partial charge >= 0.3 is 24.1 Å². The van der Waals surface area contributed by atoms with E-state index in [-0.39, 0.29) is 43.9 Å². The second kappa shape index (κ2) is 26.1. The zero-order valence-corrected chi connectivity index (χ0v) is 46.5. The smallest absolute Gasteiger partial charge is 0.410 e. The van der Waals surface area contributed by atoms with Gasteiger partial charge in [-0.2, -0.15) is 0 Å². The van der Waals surface area contributed by atoms with Crippen LogP contribution < -0.4 is 21.3 Å². The number of esters is 1. The SMILES string of the molecule is CCOC(=O)C(CCC(=O)NC(CCCCNC(=O)OC(C)(C)C)C(=O)O)NC(=O)/C(C)=C/C(C(C)C)N(C)C(=O)C(NC(=O)C(N(C)C(=O)OC(C)(C)C)C(C)(C)c1cn(C)c2ccc(F)cc12)C(C)(C)C. The predicted molar refractivity (Wildman–Crippen MR) is 276 cm³/mol. The Morgan fingerprint density at radius 1 is 0.822 bits per heavy atom. The van der Waals surface area contributed by atoms with Gasteiger partial charge in [-0.05, 0) is 116 Å². The minimum atomic E-state index is -1.30. The monoisotopic (exact) mass is 1030 g/mol. The number of carboxylic acid groups (broad SMARTS) is 1. The van der Waals surface area contributed by atoms with E-state index >= 15 is 0 Å². The van der Waals surface area contributed by atoms with Crippen molar-refractivity contribution in [3.05, 3.63) is 47.4 Å². The number of nitrogens with one attached hydrogen (secondary N) is 4. The first-order chi connectivity index (χ1) is 33.4. The van der Waals surface area contributed by atoms with Gasteiger partial charge in [-0.15, -0.1) is 0 Å². The summed E-state index contributed by atoms with van der Waals surface area (Å²) >= 11 is 0. The van der Waals surface area contributed by atoms with Gasteiger partial charge in [-0.3, -0.25) is 24.1 Å². The number of amides is 6. The Bertz CT molecular complexity index is 2320. The molecule has 0 fully saturated rings. The van der Waals surface area contributed by atoms with Gasteiger partial charge in [0.15, 0.2) is 0 Å². The van der Waals surface area contributed by atoms with E-state index in [9.17, 15) is 47.9 Å². The van der Waals surface area contributed by atoms with Gasteiger partial charge in [0.1, 0.15) is 41.2 Å². The molecule has 2 aromatic rings. The molecule has 0 radical (unpaired) electrons. The molecule has 73 heavy (non-hydrogen) atoms. The molecule has 1 aromatic heterocycles. The molecule has 0 saturated heterocycles. The maximum absolute atomic E-state index is 15.0. The molecule has 0 aliphatic heterocycles. The largest absolute Gasteiger partial charge is 0.480 e. The lowest BCUT2D eigenvalue weighted by atomic mass is 9.76. The van der Waals surface area contributed by atoms with E-state index in [2.05, 4.69) is 21.3 Å². The Morgan fingerprint density at radius 2 is 1.42 bits per heavy atom. The third-order valence-electron chi connectivity index (χ3n) is 12.1. The van der Waals surface area contributed by atoms with Crippen molar-refractivity contribution in [2.75, 3.05) is 27.2 Å². The average Bonchev–Trinajstić information content (AvgIpc) is 3.58. The molecule has 2 rings (SSSR count). The summed E-state index contributed by atoms with van der Waals surface area (Å²) in [6.07, 6.45) is 2.23. The van der Waals surface area contributed by atoms with E-state index in [0.29, 0.717) is 29.3 Å². The Balaban J connectivity index is 2.38. The molecule has 5 N–H and O–H groups in total. The lowest BCUT2D eigenvalue weighted by Crippen LogP contribution is -2.63. The number of likely N-dealkylation sites (N-methyl/N-ethyl adjacent to an activating group) is 2. The number of benzene rings is 1. The molecule has 0 saturated carbocycles. The van der Waals surface area contributed by atoms with Crippen molar-refractivity contribution in [1.29, 1.82) is 0 Å². The molecular weight excluding hydrogens is 946 g/mol. The maximum atomic E-state index is 15.0.